The summed E-state index contributed by atoms with van der Waals surface area (Å²) in [5.41, 5.74) is 6.94. The van der Waals surface area contributed by atoms with Crippen LogP contribution in [0.1, 0.15) is 82.1 Å². The number of aliphatic hydroxyl groups excluding tert-OH is 1. The number of cyclic esters (lactones) is 1. The van der Waals surface area contributed by atoms with Gasteiger partial charge in [0.2, 0.25) is 35.4 Å². The molecule has 388 valence electrons. The Morgan fingerprint density at radius 1 is 0.865 bits per heavy atom. The molecule has 6 N–H and O–H groups in total. The zero-order valence-corrected chi connectivity index (χ0v) is 41.9. The number of carbonyl (C=O) groups is 8. The van der Waals surface area contributed by atoms with Crippen molar-refractivity contribution in [1.82, 2.24) is 36.1 Å². The van der Waals surface area contributed by atoms with Crippen molar-refractivity contribution in [3.05, 3.63) is 127 Å². The van der Waals surface area contributed by atoms with Crippen molar-refractivity contribution in [2.24, 2.45) is 0 Å². The van der Waals surface area contributed by atoms with Crippen LogP contribution in [0.2, 0.25) is 0 Å². The van der Waals surface area contributed by atoms with Crippen LogP contribution in [0.25, 0.3) is 22.3 Å². The first kappa shape index (κ1) is 54.0. The summed E-state index contributed by atoms with van der Waals surface area (Å²) in [7, 11) is 1.40. The molecule has 2 aromatic heterocycles. The van der Waals surface area contributed by atoms with E-state index in [-0.39, 0.29) is 60.9 Å². The number of carbonyl (C=O) groups excluding carboxylic acids is 8. The summed E-state index contributed by atoms with van der Waals surface area (Å²) in [6.45, 7) is 4.73. The number of pyridine rings is 2. The Balaban J connectivity index is 0.000000222. The molecular weight excluding hydrogens is 980 g/mol. The van der Waals surface area contributed by atoms with Crippen LogP contribution in [0.4, 0.5) is 10.1 Å². The molecule has 22 heteroatoms. The minimum atomic E-state index is -1.48. The molecule has 3 atom stereocenters. The first-order valence-electron chi connectivity index (χ1n) is 23.9. The Hall–Kier alpha value is -7.82. The quantitative estimate of drug-likeness (QED) is 0.0357. The molecule has 3 aromatic carbocycles. The minimum Gasteiger partial charge on any atom is -0.458 e. The van der Waals surface area contributed by atoms with Crippen molar-refractivity contribution in [2.45, 2.75) is 83.4 Å². The number of aryl methyl sites for hydroxylation is 2. The molecular formula is C52H55FN8O12S. The van der Waals surface area contributed by atoms with Crippen molar-refractivity contribution in [3.8, 4) is 11.4 Å². The summed E-state index contributed by atoms with van der Waals surface area (Å²) in [6, 6.07) is 16.8. The summed E-state index contributed by atoms with van der Waals surface area (Å²) in [5.74, 6) is -5.03. The summed E-state index contributed by atoms with van der Waals surface area (Å²) >= 11 is 4.09. The fourth-order valence-electron chi connectivity index (χ4n) is 9.05. The van der Waals surface area contributed by atoms with Gasteiger partial charge >= 0.3 is 5.97 Å². The van der Waals surface area contributed by atoms with E-state index in [9.17, 15) is 52.6 Å². The standard InChI is InChI=1S/C28H32N6O8S.C22H17FN2O4.C2H6/c1-42-16-32-23(36)14-31-27(40)20(10-17-6-3-2-4-7-17)33-24(37)15-29-22(35)13-30-26(39)18-8-5-9-19(11-18)34-25(38)12-21(43)28(34)41;1-9-10-3-2-4-11-13-7-25-17(19(13)24-16(18(10)11)6-15(9)23)5-12-14(21(25)27)8-29-22(28)20(12)26;1-2/h2-9,11,20-21,43H,10,12-16H2,1H3,(H,29,35)(H,30,39)(H,31,40)(H,32,36)(H,33,37);5-6,20,26H,2-4,7-8H2,1H3;1-2H3. The maximum atomic E-state index is 14.5. The molecule has 74 heavy (non-hydrogen) atoms. The van der Waals surface area contributed by atoms with Crippen molar-refractivity contribution < 1.29 is 57.3 Å². The lowest BCUT2D eigenvalue weighted by atomic mass is 9.85. The number of anilines is 1. The SMILES string of the molecule is CC.COCNC(=O)CNC(=O)C(Cc1ccccc1)NC(=O)CNC(=O)CNC(=O)c1cccc(N2C(=O)CC(S)C2=O)c1.Cc1c(F)cc2nc3c(c4c2c1CCC4)Cn1c-3cc2c(c1=O)COC(=O)C2O. The molecule has 3 aliphatic heterocycles. The van der Waals surface area contributed by atoms with Gasteiger partial charge in [-0.05, 0) is 72.7 Å². The summed E-state index contributed by atoms with van der Waals surface area (Å²) in [5, 5.41) is 22.7. The molecule has 4 aliphatic rings. The number of nitrogens with one attached hydrogen (secondary N) is 5. The monoisotopic (exact) mass is 1030 g/mol. The molecule has 9 rings (SSSR count). The van der Waals surface area contributed by atoms with Crippen LogP contribution in [-0.4, -0.2) is 107 Å². The maximum Gasteiger partial charge on any atom is 0.340 e. The van der Waals surface area contributed by atoms with Crippen LogP contribution in [0.3, 0.4) is 0 Å². The predicted molar refractivity (Wildman–Crippen MR) is 270 cm³/mol. The van der Waals surface area contributed by atoms with Gasteiger partial charge in [0.05, 0.1) is 59.6 Å². The highest BCUT2D eigenvalue weighted by Crippen LogP contribution is 2.42. The van der Waals surface area contributed by atoms with E-state index in [2.05, 4.69) is 39.2 Å². The first-order chi connectivity index (χ1) is 35.5. The maximum absolute atomic E-state index is 14.5. The van der Waals surface area contributed by atoms with E-state index in [1.165, 1.54) is 37.4 Å². The Morgan fingerprint density at radius 2 is 1.57 bits per heavy atom. The second-order valence-corrected chi connectivity index (χ2v) is 18.0. The van der Waals surface area contributed by atoms with Crippen LogP contribution in [-0.2, 0) is 75.4 Å². The number of methoxy groups -OCH3 is 1. The third-order valence-electron chi connectivity index (χ3n) is 12.7. The number of thiol groups is 1. The zero-order chi connectivity index (χ0) is 53.4. The van der Waals surface area contributed by atoms with Crippen LogP contribution >= 0.6 is 12.6 Å². The van der Waals surface area contributed by atoms with Gasteiger partial charge in [-0.2, -0.15) is 12.6 Å². The number of amides is 7. The van der Waals surface area contributed by atoms with Crippen LogP contribution in [0, 0.1) is 12.7 Å². The summed E-state index contributed by atoms with van der Waals surface area (Å²) in [4.78, 5) is 117. The Kier molecular flexibility index (Phi) is 17.4. The number of rotatable bonds is 14. The number of hydrogen-bond donors (Lipinski definition) is 7. The summed E-state index contributed by atoms with van der Waals surface area (Å²) < 4.78 is 25.8. The highest BCUT2D eigenvalue weighted by molar-refractivity contribution is 7.82. The number of ether oxygens (including phenoxy) is 2. The Bertz CT molecular complexity index is 3130. The molecule has 5 aromatic rings. The molecule has 1 aliphatic carbocycles. The average Bonchev–Trinajstić information content (AvgIpc) is 3.91. The highest BCUT2D eigenvalue weighted by Gasteiger charge is 2.38. The number of aliphatic hydroxyl groups is 1. The topological polar surface area (TPSA) is 274 Å². The molecule has 0 radical (unpaired) electrons. The van der Waals surface area contributed by atoms with E-state index in [1.807, 2.05) is 13.8 Å². The lowest BCUT2D eigenvalue weighted by molar-refractivity contribution is -0.157. The molecule has 20 nitrogen and oxygen atoms in total. The van der Waals surface area contributed by atoms with Crippen molar-refractivity contribution in [1.29, 1.82) is 0 Å². The average molecular weight is 1040 g/mol. The van der Waals surface area contributed by atoms with E-state index in [4.69, 9.17) is 14.5 Å². The number of nitrogens with zero attached hydrogens (tertiary/aromatic N) is 3. The van der Waals surface area contributed by atoms with Gasteiger partial charge in [0.1, 0.15) is 25.2 Å². The van der Waals surface area contributed by atoms with E-state index >= 15 is 0 Å². The van der Waals surface area contributed by atoms with Gasteiger partial charge in [-0.15, -0.1) is 0 Å². The van der Waals surface area contributed by atoms with Gasteiger partial charge < -0.3 is 45.7 Å². The number of fused-ring (bicyclic) bond motifs is 5. The minimum absolute atomic E-state index is 0.0250. The number of hydrogen-bond acceptors (Lipinski definition) is 14. The lowest BCUT2D eigenvalue weighted by Crippen LogP contribution is -2.52. The smallest absolute Gasteiger partial charge is 0.340 e. The number of esters is 1. The number of aromatic nitrogens is 2. The molecule has 7 amide bonds. The van der Waals surface area contributed by atoms with E-state index in [0.29, 0.717) is 34.6 Å². The number of benzene rings is 3. The van der Waals surface area contributed by atoms with Crippen molar-refractivity contribution >= 4 is 76.5 Å². The normalized spacial score (nSPS) is 16.2. The van der Waals surface area contributed by atoms with Crippen molar-refractivity contribution in [3.63, 3.8) is 0 Å². The number of imide groups is 1. The van der Waals surface area contributed by atoms with Gasteiger partial charge in [0, 0.05) is 48.1 Å². The van der Waals surface area contributed by atoms with Gasteiger partial charge in [0.15, 0.2) is 6.10 Å². The van der Waals surface area contributed by atoms with Crippen LogP contribution < -0.4 is 37.0 Å². The lowest BCUT2D eigenvalue weighted by Gasteiger charge is -2.22. The third-order valence-corrected chi connectivity index (χ3v) is 13.1. The van der Waals surface area contributed by atoms with Gasteiger partial charge in [0.25, 0.3) is 11.5 Å². The van der Waals surface area contributed by atoms with E-state index in [1.54, 1.807) is 47.9 Å². The second-order valence-electron chi connectivity index (χ2n) is 17.3. The highest BCUT2D eigenvalue weighted by atomic mass is 32.1. The Morgan fingerprint density at radius 3 is 2.28 bits per heavy atom. The van der Waals surface area contributed by atoms with Gasteiger partial charge in [-0.3, -0.25) is 38.4 Å². The molecule has 1 fully saturated rings. The zero-order valence-electron chi connectivity index (χ0n) is 41.0. The third kappa shape index (κ3) is 11.7. The van der Waals surface area contributed by atoms with Crippen LogP contribution in [0.15, 0.2) is 71.5 Å². The fourth-order valence-corrected chi connectivity index (χ4v) is 9.32. The van der Waals surface area contributed by atoms with Gasteiger partial charge in [-0.25, -0.2) is 19.1 Å². The van der Waals surface area contributed by atoms with E-state index in [0.717, 1.165) is 51.8 Å². The largest absolute Gasteiger partial charge is 0.458 e. The molecule has 1 saturated heterocycles. The van der Waals surface area contributed by atoms with Crippen molar-refractivity contribution in [2.75, 3.05) is 38.4 Å². The molecule has 0 bridgehead atoms. The fraction of sp³-hybridized carbons (Fsp3) is 0.346. The molecule has 5 heterocycles. The molecule has 0 saturated carbocycles. The Labute approximate surface area is 429 Å². The van der Waals surface area contributed by atoms with Crippen LogP contribution in [0.5, 0.6) is 0 Å². The first-order valence-corrected chi connectivity index (χ1v) is 24.4. The van der Waals surface area contributed by atoms with Gasteiger partial charge in [-0.1, -0.05) is 50.2 Å². The summed E-state index contributed by atoms with van der Waals surface area (Å²) in [6.07, 6.45) is 1.20. The molecule has 3 unspecified atom stereocenters. The predicted octanol–water partition coefficient (Wildman–Crippen LogP) is 2.14. The van der Waals surface area contributed by atoms with E-state index < -0.39 is 77.8 Å². The second kappa shape index (κ2) is 23.8. The molecule has 0 spiro atoms. The number of halogens is 1.